The van der Waals surface area contributed by atoms with Gasteiger partial charge in [-0.25, -0.2) is 9.97 Å². The van der Waals surface area contributed by atoms with Crippen LogP contribution in [0.15, 0.2) is 72.1 Å². The molecule has 0 fully saturated rings. The molecule has 4 aromatic rings. The minimum atomic E-state index is 0.832. The lowest BCUT2D eigenvalue weighted by Crippen LogP contribution is -1.88. The zero-order valence-corrected chi connectivity index (χ0v) is 12.6. The van der Waals surface area contributed by atoms with E-state index >= 15 is 0 Å². The second-order valence-corrected chi connectivity index (χ2v) is 6.01. The number of H-pyrrole nitrogens is 1. The van der Waals surface area contributed by atoms with E-state index in [2.05, 4.69) is 57.4 Å². The molecule has 0 bridgehead atoms. The highest BCUT2D eigenvalue weighted by molar-refractivity contribution is 7.98. The van der Waals surface area contributed by atoms with Gasteiger partial charge in [0.15, 0.2) is 0 Å². The van der Waals surface area contributed by atoms with E-state index < -0.39 is 0 Å². The Morgan fingerprint density at radius 3 is 2.82 bits per heavy atom. The van der Waals surface area contributed by atoms with Gasteiger partial charge < -0.3 is 9.55 Å². The molecule has 0 aliphatic carbocycles. The monoisotopic (exact) mass is 306 g/mol. The number of hydrogen-bond donors (Lipinski definition) is 1. The van der Waals surface area contributed by atoms with E-state index in [1.165, 1.54) is 4.90 Å². The van der Waals surface area contributed by atoms with Gasteiger partial charge in [0.2, 0.25) is 0 Å². The third kappa shape index (κ3) is 2.63. The van der Waals surface area contributed by atoms with Crippen molar-refractivity contribution in [3.05, 3.63) is 73.1 Å². The first-order chi connectivity index (χ1) is 10.9. The van der Waals surface area contributed by atoms with Gasteiger partial charge in [-0.1, -0.05) is 18.2 Å². The van der Waals surface area contributed by atoms with Gasteiger partial charge in [0, 0.05) is 23.0 Å². The normalized spacial score (nSPS) is 11.1. The van der Waals surface area contributed by atoms with Crippen molar-refractivity contribution >= 4 is 22.8 Å². The summed E-state index contributed by atoms with van der Waals surface area (Å²) in [6.07, 6.45) is 5.50. The van der Waals surface area contributed by atoms with Crippen LogP contribution < -0.4 is 0 Å². The molecule has 22 heavy (non-hydrogen) atoms. The van der Waals surface area contributed by atoms with Gasteiger partial charge in [0.1, 0.15) is 5.82 Å². The SMILES string of the molecule is c1ccc(SCc2nc3cc(-n4ccnc4)ccc3[nH]2)cc1. The Morgan fingerprint density at radius 2 is 2.00 bits per heavy atom. The molecule has 0 radical (unpaired) electrons. The van der Waals surface area contributed by atoms with Crippen molar-refractivity contribution in [3.8, 4) is 5.69 Å². The summed E-state index contributed by atoms with van der Waals surface area (Å²) in [6, 6.07) is 16.6. The molecule has 0 saturated heterocycles. The van der Waals surface area contributed by atoms with Crippen LogP contribution in [0.4, 0.5) is 0 Å². The van der Waals surface area contributed by atoms with Crippen LogP contribution in [0.2, 0.25) is 0 Å². The molecule has 0 saturated carbocycles. The van der Waals surface area contributed by atoms with Gasteiger partial charge in [-0.05, 0) is 30.3 Å². The Bertz CT molecular complexity index is 882. The van der Waals surface area contributed by atoms with E-state index in [0.29, 0.717) is 0 Å². The standard InChI is InChI=1S/C17H14N4S/c1-2-4-14(5-3-1)22-11-17-19-15-7-6-13(10-16(15)20-17)21-9-8-18-12-21/h1-10,12H,11H2,(H,19,20). The Labute approximate surface area is 132 Å². The number of benzene rings is 2. The molecular formula is C17H14N4S. The molecule has 5 heteroatoms. The minimum absolute atomic E-state index is 0.832. The highest BCUT2D eigenvalue weighted by Crippen LogP contribution is 2.23. The molecule has 4 rings (SSSR count). The Hall–Kier alpha value is -2.53. The number of nitrogens with one attached hydrogen (secondary N) is 1. The predicted octanol–water partition coefficient (Wildman–Crippen LogP) is 4.04. The average molecular weight is 306 g/mol. The van der Waals surface area contributed by atoms with Crippen LogP contribution in [0.1, 0.15) is 5.82 Å². The van der Waals surface area contributed by atoms with Crippen LogP contribution in [-0.2, 0) is 5.75 Å². The van der Waals surface area contributed by atoms with Crippen LogP contribution in [-0.4, -0.2) is 19.5 Å². The molecule has 108 valence electrons. The molecule has 0 aliphatic heterocycles. The molecule has 0 aliphatic rings. The summed E-state index contributed by atoms with van der Waals surface area (Å²) in [7, 11) is 0. The Kier molecular flexibility index (Phi) is 3.40. The number of thioether (sulfide) groups is 1. The number of rotatable bonds is 4. The summed E-state index contributed by atoms with van der Waals surface area (Å²) in [5.74, 6) is 1.82. The third-order valence-corrected chi connectivity index (χ3v) is 4.46. The van der Waals surface area contributed by atoms with E-state index in [4.69, 9.17) is 0 Å². The maximum atomic E-state index is 4.69. The first kappa shape index (κ1) is 13.2. The first-order valence-corrected chi connectivity index (χ1v) is 8.02. The lowest BCUT2D eigenvalue weighted by Gasteiger charge is -2.00. The summed E-state index contributed by atoms with van der Waals surface area (Å²) < 4.78 is 1.98. The van der Waals surface area contributed by atoms with Crippen molar-refractivity contribution in [2.75, 3.05) is 0 Å². The molecule has 2 heterocycles. The number of fused-ring (bicyclic) bond motifs is 1. The van der Waals surface area contributed by atoms with Gasteiger partial charge in [-0.15, -0.1) is 11.8 Å². The van der Waals surface area contributed by atoms with E-state index in [1.807, 2.05) is 16.8 Å². The molecule has 0 unspecified atom stereocenters. The number of hydrogen-bond acceptors (Lipinski definition) is 3. The van der Waals surface area contributed by atoms with Crippen molar-refractivity contribution in [1.29, 1.82) is 0 Å². The van der Waals surface area contributed by atoms with Crippen molar-refractivity contribution in [2.24, 2.45) is 0 Å². The molecule has 2 aromatic heterocycles. The zero-order valence-electron chi connectivity index (χ0n) is 11.8. The zero-order chi connectivity index (χ0) is 14.8. The average Bonchev–Trinajstić information content (AvgIpc) is 3.22. The number of imidazole rings is 2. The van der Waals surface area contributed by atoms with E-state index in [9.17, 15) is 0 Å². The van der Waals surface area contributed by atoms with Crippen molar-refractivity contribution in [2.45, 2.75) is 10.6 Å². The fraction of sp³-hybridized carbons (Fsp3) is 0.0588. The van der Waals surface area contributed by atoms with E-state index in [1.54, 1.807) is 24.3 Å². The smallest absolute Gasteiger partial charge is 0.117 e. The molecule has 0 spiro atoms. The van der Waals surface area contributed by atoms with Gasteiger partial charge in [-0.3, -0.25) is 0 Å². The number of aromatic amines is 1. The van der Waals surface area contributed by atoms with Crippen LogP contribution in [0.25, 0.3) is 16.7 Å². The van der Waals surface area contributed by atoms with Gasteiger partial charge >= 0.3 is 0 Å². The topological polar surface area (TPSA) is 46.5 Å². The maximum absolute atomic E-state index is 4.69. The van der Waals surface area contributed by atoms with Crippen molar-refractivity contribution < 1.29 is 0 Å². The minimum Gasteiger partial charge on any atom is -0.341 e. The number of aromatic nitrogens is 4. The van der Waals surface area contributed by atoms with E-state index in [0.717, 1.165) is 28.3 Å². The summed E-state index contributed by atoms with van der Waals surface area (Å²) in [5, 5.41) is 0. The van der Waals surface area contributed by atoms with Crippen LogP contribution >= 0.6 is 11.8 Å². The second kappa shape index (κ2) is 5.69. The summed E-state index contributed by atoms with van der Waals surface area (Å²) in [5.41, 5.74) is 3.11. The maximum Gasteiger partial charge on any atom is 0.117 e. The van der Waals surface area contributed by atoms with Gasteiger partial charge in [0.05, 0.1) is 23.1 Å². The summed E-state index contributed by atoms with van der Waals surface area (Å²) >= 11 is 1.78. The first-order valence-electron chi connectivity index (χ1n) is 7.03. The molecule has 1 N–H and O–H groups in total. The number of nitrogens with zero attached hydrogens (tertiary/aromatic N) is 3. The van der Waals surface area contributed by atoms with Crippen molar-refractivity contribution in [1.82, 2.24) is 19.5 Å². The van der Waals surface area contributed by atoms with Crippen LogP contribution in [0.5, 0.6) is 0 Å². The van der Waals surface area contributed by atoms with Gasteiger partial charge in [0.25, 0.3) is 0 Å². The van der Waals surface area contributed by atoms with E-state index in [-0.39, 0.29) is 0 Å². The Balaban J connectivity index is 1.58. The molecule has 2 aromatic carbocycles. The molecule has 4 nitrogen and oxygen atoms in total. The third-order valence-electron chi connectivity index (χ3n) is 3.44. The van der Waals surface area contributed by atoms with Crippen molar-refractivity contribution in [3.63, 3.8) is 0 Å². The largest absolute Gasteiger partial charge is 0.341 e. The van der Waals surface area contributed by atoms with Crippen LogP contribution in [0.3, 0.4) is 0 Å². The van der Waals surface area contributed by atoms with Crippen LogP contribution in [0, 0.1) is 0 Å². The fourth-order valence-electron chi connectivity index (χ4n) is 2.36. The highest BCUT2D eigenvalue weighted by Gasteiger charge is 2.05. The lowest BCUT2D eigenvalue weighted by molar-refractivity contribution is 1.06. The summed E-state index contributed by atoms with van der Waals surface area (Å²) in [4.78, 5) is 13.4. The molecular weight excluding hydrogens is 292 g/mol. The second-order valence-electron chi connectivity index (χ2n) is 4.96. The summed E-state index contributed by atoms with van der Waals surface area (Å²) in [6.45, 7) is 0. The van der Waals surface area contributed by atoms with Gasteiger partial charge in [-0.2, -0.15) is 0 Å². The lowest BCUT2D eigenvalue weighted by atomic mass is 10.3. The molecule has 0 atom stereocenters. The fourth-order valence-corrected chi connectivity index (χ4v) is 3.15. The highest BCUT2D eigenvalue weighted by atomic mass is 32.2. The quantitative estimate of drug-likeness (QED) is 0.579. The predicted molar refractivity (Wildman–Crippen MR) is 89.2 cm³/mol. The molecule has 0 amide bonds. The Morgan fingerprint density at radius 1 is 1.09 bits per heavy atom.